The second kappa shape index (κ2) is 10.1. The summed E-state index contributed by atoms with van der Waals surface area (Å²) in [6.45, 7) is 1.96. The number of nitrogens with one attached hydrogen (secondary N) is 4. The number of carbonyl (C=O) groups is 1. The lowest BCUT2D eigenvalue weighted by atomic mass is 9.94. The first-order chi connectivity index (χ1) is 19.2. The van der Waals surface area contributed by atoms with E-state index in [9.17, 15) is 4.79 Å². The van der Waals surface area contributed by atoms with Gasteiger partial charge in [-0.2, -0.15) is 16.4 Å². The molecule has 1 fully saturated rings. The van der Waals surface area contributed by atoms with Crippen LogP contribution in [0.5, 0.6) is 0 Å². The van der Waals surface area contributed by atoms with Crippen molar-refractivity contribution in [3.05, 3.63) is 71.8 Å². The van der Waals surface area contributed by atoms with Crippen LogP contribution < -0.4 is 10.6 Å². The second-order valence-electron chi connectivity index (χ2n) is 10.1. The Kier molecular flexibility index (Phi) is 6.14. The molecule has 0 unspecified atom stereocenters. The molecule has 39 heavy (non-hydrogen) atoms. The highest BCUT2D eigenvalue weighted by Gasteiger charge is 2.18. The summed E-state index contributed by atoms with van der Waals surface area (Å²) in [6.07, 6.45) is 7.90. The van der Waals surface area contributed by atoms with Crippen LogP contribution in [-0.4, -0.2) is 44.1 Å². The molecule has 0 spiro atoms. The van der Waals surface area contributed by atoms with Gasteiger partial charge in [0.25, 0.3) is 0 Å². The predicted octanol–water partition coefficient (Wildman–Crippen LogP) is 6.22. The van der Waals surface area contributed by atoms with Crippen LogP contribution in [-0.2, 0) is 4.79 Å². The Hall–Kier alpha value is -4.34. The third-order valence-electron chi connectivity index (χ3n) is 7.46. The number of amides is 1. The molecule has 0 aliphatic carbocycles. The molecule has 4 N–H and O–H groups in total. The Balaban J connectivity index is 1.19. The lowest BCUT2D eigenvalue weighted by Gasteiger charge is -2.21. The van der Waals surface area contributed by atoms with Crippen molar-refractivity contribution in [2.24, 2.45) is 5.92 Å². The molecule has 0 saturated carbocycles. The number of nitrogens with zero attached hydrogens (tertiary/aromatic N) is 3. The van der Waals surface area contributed by atoms with E-state index < -0.39 is 0 Å². The highest BCUT2D eigenvalue weighted by Crippen LogP contribution is 2.35. The number of H-pyrrole nitrogens is 2. The summed E-state index contributed by atoms with van der Waals surface area (Å²) >= 11 is 1.69. The minimum atomic E-state index is 0.0344. The van der Waals surface area contributed by atoms with Crippen molar-refractivity contribution in [2.75, 3.05) is 18.4 Å². The summed E-state index contributed by atoms with van der Waals surface area (Å²) in [5.74, 6) is 0.464. The zero-order valence-electron chi connectivity index (χ0n) is 21.2. The quantitative estimate of drug-likeness (QED) is 0.203. The van der Waals surface area contributed by atoms with E-state index in [0.29, 0.717) is 23.7 Å². The molecule has 0 radical (unpaired) electrons. The largest absolute Gasteiger partial charge is 0.353 e. The van der Waals surface area contributed by atoms with Gasteiger partial charge in [-0.3, -0.25) is 14.9 Å². The molecule has 8 nitrogen and oxygen atoms in total. The summed E-state index contributed by atoms with van der Waals surface area (Å²) in [5.41, 5.74) is 8.39. The molecule has 194 valence electrons. The van der Waals surface area contributed by atoms with E-state index in [1.807, 2.05) is 12.3 Å². The van der Waals surface area contributed by atoms with Crippen molar-refractivity contribution in [3.63, 3.8) is 0 Å². The molecule has 0 atom stereocenters. The number of thiophene rings is 1. The van der Waals surface area contributed by atoms with E-state index in [1.54, 1.807) is 23.7 Å². The van der Waals surface area contributed by atoms with Crippen molar-refractivity contribution >= 4 is 44.9 Å². The monoisotopic (exact) mass is 533 g/mol. The van der Waals surface area contributed by atoms with Gasteiger partial charge >= 0.3 is 0 Å². The number of aromatic nitrogens is 5. The topological polar surface area (TPSA) is 111 Å². The highest BCUT2D eigenvalue weighted by atomic mass is 32.1. The normalized spacial score (nSPS) is 14.3. The van der Waals surface area contributed by atoms with Crippen LogP contribution in [0.4, 0.5) is 5.69 Å². The van der Waals surface area contributed by atoms with Crippen LogP contribution in [0.15, 0.2) is 71.8 Å². The molecule has 0 bridgehead atoms. The number of rotatable bonds is 6. The molecule has 9 heteroatoms. The van der Waals surface area contributed by atoms with Crippen molar-refractivity contribution in [1.82, 2.24) is 30.5 Å². The minimum Gasteiger partial charge on any atom is -0.353 e. The molecule has 1 aliphatic rings. The number of fused-ring (bicyclic) bond motifs is 2. The first-order valence-electron chi connectivity index (χ1n) is 13.2. The van der Waals surface area contributed by atoms with Gasteiger partial charge in [0.1, 0.15) is 5.69 Å². The number of carbonyl (C=O) groups excluding carboxylic acids is 1. The molecular formula is C30H27N7OS. The number of hydrogen-bond acceptors (Lipinski definition) is 6. The van der Waals surface area contributed by atoms with Gasteiger partial charge in [0.05, 0.1) is 17.6 Å². The third-order valence-corrected chi connectivity index (χ3v) is 8.14. The fourth-order valence-electron chi connectivity index (χ4n) is 5.45. The standard InChI is InChI=1S/C30H27N7OS/c38-28(10-18-4-7-31-8-5-18)34-22-11-20(14-32-16-22)21-12-25-29(36-37-30(25)33-15-21)27-13-24-23(19-6-9-39-17-19)2-1-3-26(24)35-27/h1-3,6,9,11-18,31,35H,4-5,7-8,10H2,(H,34,38)(H,33,36,37). The van der Waals surface area contributed by atoms with E-state index in [0.717, 1.165) is 64.7 Å². The molecule has 6 heterocycles. The molecule has 1 amide bonds. The van der Waals surface area contributed by atoms with Crippen molar-refractivity contribution in [2.45, 2.75) is 19.3 Å². The Morgan fingerprint density at radius 2 is 1.90 bits per heavy atom. The minimum absolute atomic E-state index is 0.0344. The molecule has 5 aromatic heterocycles. The first-order valence-corrected chi connectivity index (χ1v) is 14.1. The van der Waals surface area contributed by atoms with Crippen LogP contribution >= 0.6 is 11.3 Å². The van der Waals surface area contributed by atoms with Crippen LogP contribution in [0.1, 0.15) is 19.3 Å². The fraction of sp³-hybridized carbons (Fsp3) is 0.200. The van der Waals surface area contributed by atoms with Gasteiger partial charge in [-0.1, -0.05) is 12.1 Å². The number of aromatic amines is 2. The van der Waals surface area contributed by atoms with Crippen molar-refractivity contribution in [3.8, 4) is 33.6 Å². The zero-order valence-corrected chi connectivity index (χ0v) is 22.0. The maximum absolute atomic E-state index is 12.7. The van der Waals surface area contributed by atoms with E-state index >= 15 is 0 Å². The Morgan fingerprint density at radius 1 is 1.00 bits per heavy atom. The maximum atomic E-state index is 12.7. The maximum Gasteiger partial charge on any atom is 0.224 e. The summed E-state index contributed by atoms with van der Waals surface area (Å²) in [6, 6.07) is 14.6. The number of pyridine rings is 2. The second-order valence-corrected chi connectivity index (χ2v) is 10.8. The van der Waals surface area contributed by atoms with Gasteiger partial charge in [0.15, 0.2) is 5.65 Å². The average molecular weight is 534 g/mol. The molecular weight excluding hydrogens is 506 g/mol. The zero-order chi connectivity index (χ0) is 26.2. The summed E-state index contributed by atoms with van der Waals surface area (Å²) in [4.78, 5) is 25.2. The van der Waals surface area contributed by atoms with E-state index in [4.69, 9.17) is 0 Å². The third kappa shape index (κ3) is 4.71. The molecule has 7 rings (SSSR count). The predicted molar refractivity (Wildman–Crippen MR) is 157 cm³/mol. The van der Waals surface area contributed by atoms with E-state index in [2.05, 4.69) is 82.9 Å². The van der Waals surface area contributed by atoms with E-state index in [-0.39, 0.29) is 5.91 Å². The Labute approximate surface area is 228 Å². The first kappa shape index (κ1) is 23.8. The molecule has 1 aliphatic heterocycles. The smallest absolute Gasteiger partial charge is 0.224 e. The Morgan fingerprint density at radius 3 is 2.77 bits per heavy atom. The fourth-order valence-corrected chi connectivity index (χ4v) is 6.10. The average Bonchev–Trinajstić information content (AvgIpc) is 3.73. The number of benzene rings is 1. The van der Waals surface area contributed by atoms with Crippen LogP contribution in [0.25, 0.3) is 55.6 Å². The van der Waals surface area contributed by atoms with Gasteiger partial charge in [-0.05, 0) is 84.1 Å². The molecule has 1 saturated heterocycles. The summed E-state index contributed by atoms with van der Waals surface area (Å²) < 4.78 is 0. The van der Waals surface area contributed by atoms with Gasteiger partial charge in [0, 0.05) is 46.2 Å². The highest BCUT2D eigenvalue weighted by molar-refractivity contribution is 7.08. The molecule has 6 aromatic rings. The van der Waals surface area contributed by atoms with E-state index in [1.165, 1.54) is 11.1 Å². The van der Waals surface area contributed by atoms with Gasteiger partial charge in [-0.15, -0.1) is 0 Å². The number of hydrogen-bond donors (Lipinski definition) is 4. The number of piperidine rings is 1. The summed E-state index contributed by atoms with van der Waals surface area (Å²) in [5, 5.41) is 20.4. The van der Waals surface area contributed by atoms with Gasteiger partial charge in [-0.25, -0.2) is 4.98 Å². The van der Waals surface area contributed by atoms with Crippen LogP contribution in [0.3, 0.4) is 0 Å². The van der Waals surface area contributed by atoms with Gasteiger partial charge in [0.2, 0.25) is 5.91 Å². The lowest BCUT2D eigenvalue weighted by molar-refractivity contribution is -0.117. The molecule has 1 aromatic carbocycles. The lowest BCUT2D eigenvalue weighted by Crippen LogP contribution is -2.30. The van der Waals surface area contributed by atoms with Crippen molar-refractivity contribution < 1.29 is 4.79 Å². The SMILES string of the molecule is O=C(CC1CCNCC1)Nc1cncc(-c2cnc3[nH]nc(-c4cc5c(-c6ccsc6)cccc5[nH]4)c3c2)c1. The summed E-state index contributed by atoms with van der Waals surface area (Å²) in [7, 11) is 0. The Bertz CT molecular complexity index is 1780. The number of anilines is 1. The van der Waals surface area contributed by atoms with Crippen molar-refractivity contribution in [1.29, 1.82) is 0 Å². The van der Waals surface area contributed by atoms with Gasteiger partial charge < -0.3 is 15.6 Å². The van der Waals surface area contributed by atoms with Crippen LogP contribution in [0, 0.1) is 5.92 Å². The van der Waals surface area contributed by atoms with Crippen LogP contribution in [0.2, 0.25) is 0 Å².